The Balaban J connectivity index is 1.96. The zero-order valence-corrected chi connectivity index (χ0v) is 12.8. The van der Waals surface area contributed by atoms with Crippen LogP contribution in [0.1, 0.15) is 30.6 Å². The molecule has 1 N–H and O–H groups in total. The molecule has 0 radical (unpaired) electrons. The van der Waals surface area contributed by atoms with E-state index in [4.69, 9.17) is 4.74 Å². The van der Waals surface area contributed by atoms with Gasteiger partial charge in [0.15, 0.2) is 5.78 Å². The highest BCUT2D eigenvalue weighted by Crippen LogP contribution is 2.20. The third-order valence-corrected chi connectivity index (χ3v) is 4.02. The molecule has 1 heterocycles. The predicted octanol–water partition coefficient (Wildman–Crippen LogP) is 2.78. The Kier molecular flexibility index (Phi) is 4.96. The molecule has 1 aliphatic heterocycles. The van der Waals surface area contributed by atoms with Crippen molar-refractivity contribution in [2.75, 3.05) is 25.5 Å². The van der Waals surface area contributed by atoms with Crippen molar-refractivity contribution >= 4 is 17.5 Å². The number of nitrogens with one attached hydrogen (secondary N) is 1. The number of ether oxygens (including phenoxy) is 1. The summed E-state index contributed by atoms with van der Waals surface area (Å²) in [6, 6.07) is 6.80. The van der Waals surface area contributed by atoms with Crippen LogP contribution in [0.2, 0.25) is 0 Å². The molecule has 2 atom stereocenters. The van der Waals surface area contributed by atoms with Gasteiger partial charge in [-0.15, -0.1) is 0 Å². The van der Waals surface area contributed by atoms with Crippen molar-refractivity contribution in [1.29, 1.82) is 0 Å². The largest absolute Gasteiger partial charge is 0.379 e. The lowest BCUT2D eigenvalue weighted by Crippen LogP contribution is -2.48. The number of piperidine rings is 1. The number of methoxy groups -OCH3 is 1. The number of Topliss-reactive ketones (excluding diaryl/α,β-unsaturated/α-hetero) is 1. The number of nitrogens with zero attached hydrogens (tertiary/aromatic N) is 1. The van der Waals surface area contributed by atoms with Crippen molar-refractivity contribution in [1.82, 2.24) is 4.90 Å². The molecule has 21 heavy (non-hydrogen) atoms. The van der Waals surface area contributed by atoms with Gasteiger partial charge in [-0.3, -0.25) is 4.79 Å². The number of carbonyl (C=O) groups is 2. The van der Waals surface area contributed by atoms with E-state index < -0.39 is 0 Å². The van der Waals surface area contributed by atoms with Crippen LogP contribution < -0.4 is 5.32 Å². The molecule has 114 valence electrons. The maximum Gasteiger partial charge on any atom is 0.321 e. The Morgan fingerprint density at radius 1 is 1.29 bits per heavy atom. The molecular weight excluding hydrogens is 268 g/mol. The Morgan fingerprint density at radius 3 is 2.52 bits per heavy atom. The summed E-state index contributed by atoms with van der Waals surface area (Å²) in [5.74, 6) is 0.481. The average molecular weight is 290 g/mol. The Bertz CT molecular complexity index is 513. The Hall–Kier alpha value is -1.88. The average Bonchev–Trinajstić information content (AvgIpc) is 2.48. The van der Waals surface area contributed by atoms with E-state index in [2.05, 4.69) is 12.2 Å². The van der Waals surface area contributed by atoms with E-state index in [-0.39, 0.29) is 17.9 Å². The third-order valence-electron chi connectivity index (χ3n) is 4.02. The molecule has 1 aliphatic rings. The number of benzene rings is 1. The molecule has 0 aromatic heterocycles. The summed E-state index contributed by atoms with van der Waals surface area (Å²) in [5.41, 5.74) is 1.33. The van der Waals surface area contributed by atoms with Gasteiger partial charge in [0.05, 0.1) is 6.10 Å². The molecule has 1 saturated heterocycles. The summed E-state index contributed by atoms with van der Waals surface area (Å²) in [5, 5.41) is 2.86. The van der Waals surface area contributed by atoms with Crippen LogP contribution in [0.25, 0.3) is 0 Å². The minimum atomic E-state index is -0.125. The molecule has 0 aliphatic carbocycles. The number of rotatable bonds is 3. The monoisotopic (exact) mass is 290 g/mol. The van der Waals surface area contributed by atoms with E-state index in [9.17, 15) is 9.59 Å². The first-order valence-corrected chi connectivity index (χ1v) is 7.21. The highest BCUT2D eigenvalue weighted by molar-refractivity contribution is 5.95. The van der Waals surface area contributed by atoms with E-state index in [0.29, 0.717) is 23.7 Å². The van der Waals surface area contributed by atoms with Crippen LogP contribution in [0.5, 0.6) is 0 Å². The first-order chi connectivity index (χ1) is 10.0. The molecule has 5 heteroatoms. The number of hydrogen-bond donors (Lipinski definition) is 1. The van der Waals surface area contributed by atoms with Crippen molar-refractivity contribution in [2.24, 2.45) is 5.92 Å². The van der Waals surface area contributed by atoms with Gasteiger partial charge in [0, 0.05) is 31.5 Å². The summed E-state index contributed by atoms with van der Waals surface area (Å²) in [6.45, 7) is 5.00. The van der Waals surface area contributed by atoms with Gasteiger partial charge in [-0.05, 0) is 43.5 Å². The molecule has 1 aromatic rings. The van der Waals surface area contributed by atoms with E-state index in [1.165, 1.54) is 6.92 Å². The van der Waals surface area contributed by atoms with E-state index in [1.807, 2.05) is 0 Å². The van der Waals surface area contributed by atoms with Crippen molar-refractivity contribution < 1.29 is 14.3 Å². The van der Waals surface area contributed by atoms with Gasteiger partial charge in [-0.1, -0.05) is 6.92 Å². The standard InChI is InChI=1S/C16H22N2O3/c1-11-8-9-18(10-15(11)21-3)16(20)17-14-6-4-13(5-7-14)12(2)19/h4-7,11,15H,8-10H2,1-3H3,(H,17,20). The molecular formula is C16H22N2O3. The van der Waals surface area contributed by atoms with Crippen LogP contribution in [0.4, 0.5) is 10.5 Å². The maximum absolute atomic E-state index is 12.2. The fourth-order valence-corrected chi connectivity index (χ4v) is 2.52. The summed E-state index contributed by atoms with van der Waals surface area (Å²) in [4.78, 5) is 25.2. The van der Waals surface area contributed by atoms with Gasteiger partial charge in [-0.2, -0.15) is 0 Å². The fraction of sp³-hybridized carbons (Fsp3) is 0.500. The molecule has 2 amide bonds. The second-order valence-corrected chi connectivity index (χ2v) is 5.55. The summed E-state index contributed by atoms with van der Waals surface area (Å²) >= 11 is 0. The van der Waals surface area contributed by atoms with Crippen LogP contribution in [-0.2, 0) is 4.74 Å². The van der Waals surface area contributed by atoms with E-state index in [1.54, 1.807) is 36.3 Å². The highest BCUT2D eigenvalue weighted by Gasteiger charge is 2.28. The lowest BCUT2D eigenvalue weighted by Gasteiger charge is -2.36. The van der Waals surface area contributed by atoms with Crippen molar-refractivity contribution in [3.8, 4) is 0 Å². The molecule has 1 aromatic carbocycles. The number of urea groups is 1. The molecule has 1 fully saturated rings. The van der Waals surface area contributed by atoms with Crippen molar-refractivity contribution in [3.63, 3.8) is 0 Å². The molecule has 2 rings (SSSR count). The second-order valence-electron chi connectivity index (χ2n) is 5.55. The van der Waals surface area contributed by atoms with Crippen LogP contribution in [0, 0.1) is 5.92 Å². The minimum Gasteiger partial charge on any atom is -0.379 e. The SMILES string of the molecule is COC1CN(C(=O)Nc2ccc(C(C)=O)cc2)CCC1C. The van der Waals surface area contributed by atoms with Gasteiger partial charge in [0.25, 0.3) is 0 Å². The van der Waals surface area contributed by atoms with E-state index >= 15 is 0 Å². The third kappa shape index (κ3) is 3.82. The van der Waals surface area contributed by atoms with Gasteiger partial charge in [0.2, 0.25) is 0 Å². The van der Waals surface area contributed by atoms with Crippen LogP contribution in [0.3, 0.4) is 0 Å². The minimum absolute atomic E-state index is 0.0147. The number of amides is 2. The van der Waals surface area contributed by atoms with Crippen LogP contribution in [-0.4, -0.2) is 43.0 Å². The fourth-order valence-electron chi connectivity index (χ4n) is 2.52. The Labute approximate surface area is 125 Å². The second kappa shape index (κ2) is 6.72. The lowest BCUT2D eigenvalue weighted by atomic mass is 9.96. The van der Waals surface area contributed by atoms with Crippen LogP contribution in [0.15, 0.2) is 24.3 Å². The lowest BCUT2D eigenvalue weighted by molar-refractivity contribution is 0.00896. The smallest absolute Gasteiger partial charge is 0.321 e. The van der Waals surface area contributed by atoms with Gasteiger partial charge >= 0.3 is 6.03 Å². The maximum atomic E-state index is 12.2. The van der Waals surface area contributed by atoms with Gasteiger partial charge in [0.1, 0.15) is 0 Å². The highest BCUT2D eigenvalue weighted by atomic mass is 16.5. The summed E-state index contributed by atoms with van der Waals surface area (Å²) < 4.78 is 5.42. The first-order valence-electron chi connectivity index (χ1n) is 7.21. The van der Waals surface area contributed by atoms with Crippen LogP contribution >= 0.6 is 0 Å². The number of anilines is 1. The molecule has 5 nitrogen and oxygen atoms in total. The zero-order valence-electron chi connectivity index (χ0n) is 12.8. The van der Waals surface area contributed by atoms with Gasteiger partial charge < -0.3 is 15.0 Å². The topological polar surface area (TPSA) is 58.6 Å². The van der Waals surface area contributed by atoms with Gasteiger partial charge in [-0.25, -0.2) is 4.79 Å². The molecule has 2 unspecified atom stereocenters. The van der Waals surface area contributed by atoms with Crippen molar-refractivity contribution in [3.05, 3.63) is 29.8 Å². The molecule has 0 bridgehead atoms. The predicted molar refractivity (Wildman–Crippen MR) is 81.6 cm³/mol. The Morgan fingerprint density at radius 2 is 1.95 bits per heavy atom. The number of likely N-dealkylation sites (tertiary alicyclic amines) is 1. The molecule has 0 saturated carbocycles. The van der Waals surface area contributed by atoms with Crippen molar-refractivity contribution in [2.45, 2.75) is 26.4 Å². The normalized spacial score (nSPS) is 22.0. The molecule has 0 spiro atoms. The zero-order chi connectivity index (χ0) is 15.4. The number of hydrogen-bond acceptors (Lipinski definition) is 3. The number of ketones is 1. The summed E-state index contributed by atoms with van der Waals surface area (Å²) in [6.07, 6.45) is 1.03. The summed E-state index contributed by atoms with van der Waals surface area (Å²) in [7, 11) is 1.68. The first kappa shape index (κ1) is 15.5. The quantitative estimate of drug-likeness (QED) is 0.871. The van der Waals surface area contributed by atoms with E-state index in [0.717, 1.165) is 13.0 Å². The number of carbonyl (C=O) groups excluding carboxylic acids is 2.